The van der Waals surface area contributed by atoms with Crippen LogP contribution in [0.15, 0.2) is 6.33 Å². The Balaban J connectivity index is 1.68. The standard InChI is InChI=1S/C17H29N5O/c1-12(2)13-17(8-6-7-9-17)10-21(13)15(23)19-14-18-11-22(20-14)16(3,4)5/h11-13H,6-10H2,1-5H3,(H,19,20,23)/t13-/m0/s1. The molecule has 23 heavy (non-hydrogen) atoms. The Morgan fingerprint density at radius 2 is 2.00 bits per heavy atom. The number of carbonyl (C=O) groups is 1. The van der Waals surface area contributed by atoms with Crippen molar-refractivity contribution in [3.05, 3.63) is 6.33 Å². The summed E-state index contributed by atoms with van der Waals surface area (Å²) < 4.78 is 1.77. The minimum Gasteiger partial charge on any atom is -0.320 e. The minimum atomic E-state index is -0.138. The van der Waals surface area contributed by atoms with Crippen molar-refractivity contribution in [3.63, 3.8) is 0 Å². The molecule has 3 rings (SSSR count). The van der Waals surface area contributed by atoms with Crippen LogP contribution in [-0.4, -0.2) is 38.3 Å². The van der Waals surface area contributed by atoms with Crippen molar-refractivity contribution in [1.82, 2.24) is 19.7 Å². The van der Waals surface area contributed by atoms with Gasteiger partial charge >= 0.3 is 6.03 Å². The number of hydrogen-bond acceptors (Lipinski definition) is 3. The fraction of sp³-hybridized carbons (Fsp3) is 0.824. The zero-order chi connectivity index (χ0) is 16.8. The number of likely N-dealkylation sites (tertiary alicyclic amines) is 1. The molecule has 6 heteroatoms. The number of anilines is 1. The Hall–Kier alpha value is -1.59. The molecule has 0 bridgehead atoms. The Labute approximate surface area is 138 Å². The number of carbonyl (C=O) groups excluding carboxylic acids is 1. The molecular formula is C17H29N5O. The summed E-state index contributed by atoms with van der Waals surface area (Å²) in [6.45, 7) is 11.5. The predicted octanol–water partition coefficient (Wildman–Crippen LogP) is 3.47. The summed E-state index contributed by atoms with van der Waals surface area (Å²) in [6.07, 6.45) is 6.80. The number of nitrogens with zero attached hydrogens (tertiary/aromatic N) is 4. The Morgan fingerprint density at radius 3 is 2.52 bits per heavy atom. The number of rotatable bonds is 2. The highest BCUT2D eigenvalue weighted by atomic mass is 16.2. The van der Waals surface area contributed by atoms with Crippen LogP contribution < -0.4 is 5.32 Å². The van der Waals surface area contributed by atoms with E-state index in [0.29, 0.717) is 23.3 Å². The lowest BCUT2D eigenvalue weighted by Gasteiger charge is -2.58. The molecule has 1 saturated heterocycles. The quantitative estimate of drug-likeness (QED) is 0.908. The molecule has 0 radical (unpaired) electrons. The lowest BCUT2D eigenvalue weighted by molar-refractivity contribution is -0.0579. The zero-order valence-electron chi connectivity index (χ0n) is 15.0. The third-order valence-corrected chi connectivity index (χ3v) is 5.34. The molecule has 1 aromatic rings. The van der Waals surface area contributed by atoms with Crippen molar-refractivity contribution in [3.8, 4) is 0 Å². The van der Waals surface area contributed by atoms with Gasteiger partial charge in [0.25, 0.3) is 0 Å². The zero-order valence-corrected chi connectivity index (χ0v) is 15.0. The summed E-state index contributed by atoms with van der Waals surface area (Å²) in [7, 11) is 0. The first-order valence-corrected chi connectivity index (χ1v) is 8.73. The molecule has 0 aromatic carbocycles. The van der Waals surface area contributed by atoms with Crippen molar-refractivity contribution in [1.29, 1.82) is 0 Å². The third kappa shape index (κ3) is 2.83. The second kappa shape index (κ2) is 5.49. The first-order valence-electron chi connectivity index (χ1n) is 8.73. The largest absolute Gasteiger partial charge is 0.324 e. The van der Waals surface area contributed by atoms with Gasteiger partial charge in [-0.1, -0.05) is 26.7 Å². The minimum absolute atomic E-state index is 0.0621. The lowest BCUT2D eigenvalue weighted by atomic mass is 9.66. The van der Waals surface area contributed by atoms with Gasteiger partial charge in [0.1, 0.15) is 6.33 Å². The van der Waals surface area contributed by atoms with Crippen molar-refractivity contribution >= 4 is 12.0 Å². The van der Waals surface area contributed by atoms with E-state index in [1.807, 2.05) is 4.90 Å². The lowest BCUT2D eigenvalue weighted by Crippen LogP contribution is -2.68. The van der Waals surface area contributed by atoms with E-state index in [2.05, 4.69) is 50.0 Å². The molecule has 2 amide bonds. The van der Waals surface area contributed by atoms with Gasteiger partial charge in [-0.15, -0.1) is 5.10 Å². The van der Waals surface area contributed by atoms with Gasteiger partial charge in [-0.25, -0.2) is 14.5 Å². The average molecular weight is 319 g/mol. The van der Waals surface area contributed by atoms with Gasteiger partial charge in [-0.05, 0) is 39.5 Å². The summed E-state index contributed by atoms with van der Waals surface area (Å²) in [6, 6.07) is 0.280. The Morgan fingerprint density at radius 1 is 1.35 bits per heavy atom. The molecule has 1 saturated carbocycles. The van der Waals surface area contributed by atoms with Crippen molar-refractivity contribution in [2.24, 2.45) is 11.3 Å². The molecule has 6 nitrogen and oxygen atoms in total. The highest BCUT2D eigenvalue weighted by Gasteiger charge is 2.56. The molecule has 2 heterocycles. The molecule has 0 unspecified atom stereocenters. The third-order valence-electron chi connectivity index (χ3n) is 5.34. The molecule has 1 atom stereocenters. The first kappa shape index (κ1) is 16.3. The van der Waals surface area contributed by atoms with E-state index in [1.165, 1.54) is 25.7 Å². The summed E-state index contributed by atoms with van der Waals surface area (Å²) in [5, 5.41) is 7.24. The second-order valence-corrected chi connectivity index (χ2v) is 8.50. The molecule has 2 aliphatic rings. The topological polar surface area (TPSA) is 63.1 Å². The predicted molar refractivity (Wildman–Crippen MR) is 90.3 cm³/mol. The van der Waals surface area contributed by atoms with Crippen LogP contribution >= 0.6 is 0 Å². The molecule has 1 aliphatic carbocycles. The maximum absolute atomic E-state index is 12.6. The summed E-state index contributed by atoms with van der Waals surface area (Å²) in [5.41, 5.74) is 0.227. The van der Waals surface area contributed by atoms with Gasteiger partial charge < -0.3 is 4.90 Å². The maximum Gasteiger partial charge on any atom is 0.324 e. The van der Waals surface area contributed by atoms with Crippen LogP contribution in [0.4, 0.5) is 10.7 Å². The molecule has 1 aliphatic heterocycles. The Bertz CT molecular complexity index is 580. The number of aromatic nitrogens is 3. The van der Waals surface area contributed by atoms with Crippen LogP contribution in [-0.2, 0) is 5.54 Å². The van der Waals surface area contributed by atoms with Gasteiger partial charge in [0.2, 0.25) is 5.95 Å². The van der Waals surface area contributed by atoms with Crippen LogP contribution in [0.25, 0.3) is 0 Å². The van der Waals surface area contributed by atoms with E-state index in [1.54, 1.807) is 11.0 Å². The molecule has 128 valence electrons. The number of amides is 2. The monoisotopic (exact) mass is 319 g/mol. The van der Waals surface area contributed by atoms with Crippen molar-refractivity contribution in [2.75, 3.05) is 11.9 Å². The Kier molecular flexibility index (Phi) is 3.89. The van der Waals surface area contributed by atoms with Gasteiger partial charge in [0.15, 0.2) is 0 Å². The molecular weight excluding hydrogens is 290 g/mol. The van der Waals surface area contributed by atoms with Gasteiger partial charge in [-0.2, -0.15) is 0 Å². The smallest absolute Gasteiger partial charge is 0.320 e. The molecule has 2 fully saturated rings. The van der Waals surface area contributed by atoms with E-state index in [0.717, 1.165) is 6.54 Å². The van der Waals surface area contributed by atoms with E-state index >= 15 is 0 Å². The SMILES string of the molecule is CC(C)[C@@H]1N(C(=O)Nc2ncn(C(C)(C)C)n2)CC12CCCC2. The summed E-state index contributed by atoms with van der Waals surface area (Å²) in [5.74, 6) is 0.868. The van der Waals surface area contributed by atoms with Crippen LogP contribution in [0.1, 0.15) is 60.3 Å². The highest BCUT2D eigenvalue weighted by Crippen LogP contribution is 2.52. The van der Waals surface area contributed by atoms with E-state index < -0.39 is 0 Å². The number of urea groups is 1. The second-order valence-electron chi connectivity index (χ2n) is 8.50. The van der Waals surface area contributed by atoms with E-state index in [-0.39, 0.29) is 11.6 Å². The van der Waals surface area contributed by atoms with Crippen molar-refractivity contribution in [2.45, 2.75) is 71.9 Å². The fourth-order valence-corrected chi connectivity index (χ4v) is 4.36. The van der Waals surface area contributed by atoms with Gasteiger partial charge in [0, 0.05) is 18.0 Å². The molecule has 1 N–H and O–H groups in total. The fourth-order valence-electron chi connectivity index (χ4n) is 4.36. The van der Waals surface area contributed by atoms with Crippen molar-refractivity contribution < 1.29 is 4.79 Å². The van der Waals surface area contributed by atoms with Crippen LogP contribution in [0, 0.1) is 11.3 Å². The van der Waals surface area contributed by atoms with E-state index in [4.69, 9.17) is 0 Å². The number of hydrogen-bond donors (Lipinski definition) is 1. The van der Waals surface area contributed by atoms with Crippen LogP contribution in [0.5, 0.6) is 0 Å². The summed E-state index contributed by atoms with van der Waals surface area (Å²) >= 11 is 0. The highest BCUT2D eigenvalue weighted by molar-refractivity contribution is 5.88. The van der Waals surface area contributed by atoms with Gasteiger partial charge in [0.05, 0.1) is 5.54 Å². The normalized spacial score (nSPS) is 23.4. The maximum atomic E-state index is 12.6. The van der Waals surface area contributed by atoms with Gasteiger partial charge in [-0.3, -0.25) is 5.32 Å². The van der Waals surface area contributed by atoms with E-state index in [9.17, 15) is 4.79 Å². The van der Waals surface area contributed by atoms with Crippen LogP contribution in [0.3, 0.4) is 0 Å². The summed E-state index contributed by atoms with van der Waals surface area (Å²) in [4.78, 5) is 18.8. The number of nitrogens with one attached hydrogen (secondary N) is 1. The van der Waals surface area contributed by atoms with Crippen LogP contribution in [0.2, 0.25) is 0 Å². The average Bonchev–Trinajstić information content (AvgIpc) is 3.04. The first-order chi connectivity index (χ1) is 10.7. The molecule has 1 aromatic heterocycles. The molecule has 1 spiro atoms.